The first kappa shape index (κ1) is 20.3. The lowest BCUT2D eigenvalue weighted by atomic mass is 10.0. The SMILES string of the molecule is CC(=O)NC(C(=O)N1CCN(Cc2ccc(F)cc2)CC1)c1ccc(Cl)cc1. The van der Waals surface area contributed by atoms with Crippen LogP contribution in [0.1, 0.15) is 24.1 Å². The average Bonchev–Trinajstić information content (AvgIpc) is 2.69. The van der Waals surface area contributed by atoms with E-state index in [1.54, 1.807) is 41.3 Å². The number of carbonyl (C=O) groups excluding carboxylic acids is 2. The molecule has 7 heteroatoms. The topological polar surface area (TPSA) is 52.7 Å². The van der Waals surface area contributed by atoms with Gasteiger partial charge in [-0.2, -0.15) is 0 Å². The van der Waals surface area contributed by atoms with Crippen LogP contribution in [0.3, 0.4) is 0 Å². The molecular formula is C21H23ClFN3O2. The molecule has 0 saturated carbocycles. The van der Waals surface area contributed by atoms with Crippen LogP contribution in [0.5, 0.6) is 0 Å². The number of halogens is 2. The van der Waals surface area contributed by atoms with E-state index in [0.29, 0.717) is 30.2 Å². The summed E-state index contributed by atoms with van der Waals surface area (Å²) in [4.78, 5) is 28.7. The van der Waals surface area contributed by atoms with E-state index in [0.717, 1.165) is 18.7 Å². The van der Waals surface area contributed by atoms with E-state index in [1.807, 2.05) is 0 Å². The Hall–Kier alpha value is -2.44. The molecule has 1 atom stereocenters. The molecule has 3 rings (SSSR count). The summed E-state index contributed by atoms with van der Waals surface area (Å²) in [5.74, 6) is -0.632. The lowest BCUT2D eigenvalue weighted by Gasteiger charge is -2.36. The van der Waals surface area contributed by atoms with Crippen LogP contribution in [-0.4, -0.2) is 47.8 Å². The number of carbonyl (C=O) groups is 2. The van der Waals surface area contributed by atoms with Gasteiger partial charge in [0.2, 0.25) is 11.8 Å². The number of amides is 2. The van der Waals surface area contributed by atoms with E-state index in [-0.39, 0.29) is 17.6 Å². The predicted octanol–water partition coefficient (Wildman–Crippen LogP) is 3.00. The first-order valence-electron chi connectivity index (χ1n) is 9.20. The fourth-order valence-corrected chi connectivity index (χ4v) is 3.43. The molecule has 1 N–H and O–H groups in total. The minimum absolute atomic E-state index is 0.126. The fraction of sp³-hybridized carbons (Fsp3) is 0.333. The highest BCUT2D eigenvalue weighted by atomic mass is 35.5. The first-order valence-corrected chi connectivity index (χ1v) is 9.58. The molecule has 0 aromatic heterocycles. The zero-order chi connectivity index (χ0) is 20.1. The highest BCUT2D eigenvalue weighted by Gasteiger charge is 2.29. The van der Waals surface area contributed by atoms with E-state index in [2.05, 4.69) is 10.2 Å². The Labute approximate surface area is 169 Å². The predicted molar refractivity (Wildman–Crippen MR) is 106 cm³/mol. The van der Waals surface area contributed by atoms with Crippen LogP contribution in [0.2, 0.25) is 5.02 Å². The van der Waals surface area contributed by atoms with Crippen molar-refractivity contribution in [2.24, 2.45) is 0 Å². The average molecular weight is 404 g/mol. The van der Waals surface area contributed by atoms with Gasteiger partial charge in [0, 0.05) is 44.7 Å². The van der Waals surface area contributed by atoms with Crippen LogP contribution >= 0.6 is 11.6 Å². The Morgan fingerprint density at radius 3 is 2.21 bits per heavy atom. The molecule has 5 nitrogen and oxygen atoms in total. The Kier molecular flexibility index (Phi) is 6.65. The Morgan fingerprint density at radius 2 is 1.64 bits per heavy atom. The number of piperazine rings is 1. The summed E-state index contributed by atoms with van der Waals surface area (Å²) in [5, 5.41) is 3.32. The second kappa shape index (κ2) is 9.17. The number of nitrogens with one attached hydrogen (secondary N) is 1. The quantitative estimate of drug-likeness (QED) is 0.835. The van der Waals surface area contributed by atoms with E-state index in [4.69, 9.17) is 11.6 Å². The molecule has 1 fully saturated rings. The molecule has 2 aromatic rings. The number of benzene rings is 2. The van der Waals surface area contributed by atoms with Crippen molar-refractivity contribution in [3.63, 3.8) is 0 Å². The summed E-state index contributed by atoms with van der Waals surface area (Å²) in [5.41, 5.74) is 1.75. The Morgan fingerprint density at radius 1 is 1.04 bits per heavy atom. The number of rotatable bonds is 5. The van der Waals surface area contributed by atoms with Gasteiger partial charge in [-0.1, -0.05) is 35.9 Å². The molecule has 2 aromatic carbocycles. The van der Waals surface area contributed by atoms with Crippen molar-refractivity contribution in [1.29, 1.82) is 0 Å². The molecule has 0 spiro atoms. The molecular weight excluding hydrogens is 381 g/mol. The van der Waals surface area contributed by atoms with Crippen molar-refractivity contribution in [3.8, 4) is 0 Å². The highest BCUT2D eigenvalue weighted by molar-refractivity contribution is 6.30. The van der Waals surface area contributed by atoms with E-state index in [9.17, 15) is 14.0 Å². The molecule has 148 valence electrons. The minimum Gasteiger partial charge on any atom is -0.341 e. The van der Waals surface area contributed by atoms with Crippen molar-refractivity contribution in [2.45, 2.75) is 19.5 Å². The molecule has 0 radical (unpaired) electrons. The monoisotopic (exact) mass is 403 g/mol. The maximum Gasteiger partial charge on any atom is 0.249 e. The van der Waals surface area contributed by atoms with Gasteiger partial charge < -0.3 is 10.2 Å². The van der Waals surface area contributed by atoms with Gasteiger partial charge in [0.25, 0.3) is 0 Å². The number of hydrogen-bond acceptors (Lipinski definition) is 3. The van der Waals surface area contributed by atoms with E-state index in [1.165, 1.54) is 19.1 Å². The van der Waals surface area contributed by atoms with Gasteiger partial charge in [-0.25, -0.2) is 4.39 Å². The standard InChI is InChI=1S/C21H23ClFN3O2/c1-15(27)24-20(17-4-6-18(22)7-5-17)21(28)26-12-10-25(11-13-26)14-16-2-8-19(23)9-3-16/h2-9,20H,10-14H2,1H3,(H,24,27). The maximum atomic E-state index is 13.0. The van der Waals surface area contributed by atoms with E-state index >= 15 is 0 Å². The molecule has 1 aliphatic rings. The Bertz CT molecular complexity index is 819. The van der Waals surface area contributed by atoms with Gasteiger partial charge >= 0.3 is 0 Å². The van der Waals surface area contributed by atoms with Gasteiger partial charge in [-0.3, -0.25) is 14.5 Å². The summed E-state index contributed by atoms with van der Waals surface area (Å²) in [6.45, 7) is 4.70. The van der Waals surface area contributed by atoms with Gasteiger partial charge in [0.15, 0.2) is 0 Å². The molecule has 0 aliphatic carbocycles. The third kappa shape index (κ3) is 5.30. The largest absolute Gasteiger partial charge is 0.341 e. The zero-order valence-electron chi connectivity index (χ0n) is 15.7. The summed E-state index contributed by atoms with van der Waals surface area (Å²) in [6.07, 6.45) is 0. The maximum absolute atomic E-state index is 13.0. The lowest BCUT2D eigenvalue weighted by Crippen LogP contribution is -2.51. The summed E-state index contributed by atoms with van der Waals surface area (Å²) in [7, 11) is 0. The lowest BCUT2D eigenvalue weighted by molar-refractivity contribution is -0.137. The van der Waals surface area contributed by atoms with Crippen molar-refractivity contribution in [2.75, 3.05) is 26.2 Å². The molecule has 1 aliphatic heterocycles. The van der Waals surface area contributed by atoms with Crippen LogP contribution in [-0.2, 0) is 16.1 Å². The summed E-state index contributed by atoms with van der Waals surface area (Å²) in [6, 6.07) is 12.7. The van der Waals surface area contributed by atoms with Gasteiger partial charge in [0.05, 0.1) is 0 Å². The van der Waals surface area contributed by atoms with Crippen LogP contribution in [0.15, 0.2) is 48.5 Å². The van der Waals surface area contributed by atoms with E-state index < -0.39 is 6.04 Å². The fourth-order valence-electron chi connectivity index (χ4n) is 3.30. The molecule has 28 heavy (non-hydrogen) atoms. The van der Waals surface area contributed by atoms with Crippen molar-refractivity contribution < 1.29 is 14.0 Å². The normalized spacial score (nSPS) is 15.9. The van der Waals surface area contributed by atoms with Crippen LogP contribution < -0.4 is 5.32 Å². The smallest absolute Gasteiger partial charge is 0.249 e. The molecule has 1 unspecified atom stereocenters. The third-order valence-corrected chi connectivity index (χ3v) is 5.05. The minimum atomic E-state index is -0.724. The molecule has 0 bridgehead atoms. The second-order valence-electron chi connectivity index (χ2n) is 6.91. The van der Waals surface area contributed by atoms with Gasteiger partial charge in [0.1, 0.15) is 11.9 Å². The number of hydrogen-bond donors (Lipinski definition) is 1. The van der Waals surface area contributed by atoms with Crippen LogP contribution in [0, 0.1) is 5.82 Å². The van der Waals surface area contributed by atoms with Crippen molar-refractivity contribution in [3.05, 3.63) is 70.5 Å². The summed E-state index contributed by atoms with van der Waals surface area (Å²) >= 11 is 5.93. The van der Waals surface area contributed by atoms with Gasteiger partial charge in [-0.05, 0) is 35.4 Å². The molecule has 1 heterocycles. The first-order chi connectivity index (χ1) is 13.4. The zero-order valence-corrected chi connectivity index (χ0v) is 16.5. The van der Waals surface area contributed by atoms with Gasteiger partial charge in [-0.15, -0.1) is 0 Å². The summed E-state index contributed by atoms with van der Waals surface area (Å²) < 4.78 is 13.0. The van der Waals surface area contributed by atoms with Crippen molar-refractivity contribution in [1.82, 2.24) is 15.1 Å². The third-order valence-electron chi connectivity index (χ3n) is 4.80. The molecule has 1 saturated heterocycles. The second-order valence-corrected chi connectivity index (χ2v) is 7.35. The highest BCUT2D eigenvalue weighted by Crippen LogP contribution is 2.20. The Balaban J connectivity index is 1.62. The number of nitrogens with zero attached hydrogens (tertiary/aromatic N) is 2. The van der Waals surface area contributed by atoms with Crippen molar-refractivity contribution >= 4 is 23.4 Å². The van der Waals surface area contributed by atoms with Crippen LogP contribution in [0.4, 0.5) is 4.39 Å². The molecule has 2 amide bonds. The van der Waals surface area contributed by atoms with Crippen LogP contribution in [0.25, 0.3) is 0 Å².